The first kappa shape index (κ1) is 20.8. The summed E-state index contributed by atoms with van der Waals surface area (Å²) in [5, 5.41) is 0.869. The molecule has 0 aliphatic heterocycles. The van der Waals surface area contributed by atoms with Crippen LogP contribution in [0.25, 0.3) is 10.9 Å². The van der Waals surface area contributed by atoms with Crippen molar-refractivity contribution < 1.29 is 8.42 Å². The summed E-state index contributed by atoms with van der Waals surface area (Å²) in [5.41, 5.74) is 3.43. The summed E-state index contributed by atoms with van der Waals surface area (Å²) >= 11 is 0. The second kappa shape index (κ2) is 8.82. The van der Waals surface area contributed by atoms with E-state index in [1.807, 2.05) is 91.0 Å². The Labute approximate surface area is 194 Å². The highest BCUT2D eigenvalue weighted by atomic mass is 32.2. The fraction of sp³-hybridized carbons (Fsp3) is 0.0345. The van der Waals surface area contributed by atoms with Crippen LogP contribution in [0, 0.1) is 11.8 Å². The van der Waals surface area contributed by atoms with Crippen LogP contribution in [0.3, 0.4) is 0 Å². The van der Waals surface area contributed by atoms with Gasteiger partial charge in [0.1, 0.15) is 0 Å². The Kier molecular flexibility index (Phi) is 5.56. The van der Waals surface area contributed by atoms with E-state index < -0.39 is 10.0 Å². The molecule has 0 aliphatic carbocycles. The second-order valence-corrected chi connectivity index (χ2v) is 9.51. The third-order valence-electron chi connectivity index (χ3n) is 5.59. The first-order valence-electron chi connectivity index (χ1n) is 10.7. The predicted octanol–water partition coefficient (Wildman–Crippen LogP) is 6.06. The number of rotatable bonds is 4. The molecule has 0 saturated carbocycles. The fourth-order valence-electron chi connectivity index (χ4n) is 3.97. The van der Waals surface area contributed by atoms with Gasteiger partial charge in [-0.15, -0.1) is 0 Å². The minimum Gasteiger partial charge on any atom is -0.241 e. The van der Waals surface area contributed by atoms with E-state index in [0.717, 1.165) is 22.1 Å². The van der Waals surface area contributed by atoms with Crippen LogP contribution in [0.5, 0.6) is 0 Å². The molecule has 0 radical (unpaired) electrons. The largest absolute Gasteiger partial charge is 0.268 e. The fourth-order valence-corrected chi connectivity index (χ4v) is 5.37. The van der Waals surface area contributed by atoms with Crippen LogP contribution in [-0.4, -0.2) is 12.4 Å². The predicted molar refractivity (Wildman–Crippen MR) is 133 cm³/mol. The maximum absolute atomic E-state index is 13.5. The molecule has 0 saturated heterocycles. The molecule has 1 unspecified atom stereocenters. The molecule has 1 aromatic heterocycles. The Balaban J connectivity index is 1.73. The highest BCUT2D eigenvalue weighted by molar-refractivity contribution is 7.90. The van der Waals surface area contributed by atoms with Crippen LogP contribution < -0.4 is 0 Å². The summed E-state index contributed by atoms with van der Waals surface area (Å²) in [4.78, 5) is 0.254. The van der Waals surface area contributed by atoms with Gasteiger partial charge in [-0.1, -0.05) is 96.8 Å². The first-order chi connectivity index (χ1) is 16.1. The first-order valence-corrected chi connectivity index (χ1v) is 12.1. The highest BCUT2D eigenvalue weighted by Crippen LogP contribution is 2.34. The molecule has 5 aromatic rings. The number of benzene rings is 4. The minimum absolute atomic E-state index is 0.254. The third-order valence-corrected chi connectivity index (χ3v) is 7.28. The summed E-state index contributed by atoms with van der Waals surface area (Å²) in [6.45, 7) is 0. The van der Waals surface area contributed by atoms with E-state index in [2.05, 4.69) is 11.8 Å². The Morgan fingerprint density at radius 2 is 1.24 bits per heavy atom. The lowest BCUT2D eigenvalue weighted by atomic mass is 9.91. The van der Waals surface area contributed by atoms with Crippen LogP contribution in [-0.2, 0) is 10.0 Å². The quantitative estimate of drug-likeness (QED) is 0.314. The second-order valence-electron chi connectivity index (χ2n) is 7.69. The highest BCUT2D eigenvalue weighted by Gasteiger charge is 2.24. The molecule has 5 rings (SSSR count). The number of para-hydroxylation sites is 1. The van der Waals surface area contributed by atoms with Crippen molar-refractivity contribution >= 4 is 20.9 Å². The molecule has 0 aliphatic rings. The van der Waals surface area contributed by atoms with Crippen molar-refractivity contribution in [3.63, 3.8) is 0 Å². The van der Waals surface area contributed by atoms with Crippen LogP contribution in [0.1, 0.15) is 22.6 Å². The van der Waals surface area contributed by atoms with E-state index in [0.29, 0.717) is 5.52 Å². The van der Waals surface area contributed by atoms with Gasteiger partial charge < -0.3 is 0 Å². The maximum Gasteiger partial charge on any atom is 0.268 e. The number of nitrogens with zero attached hydrogens (tertiary/aromatic N) is 1. The van der Waals surface area contributed by atoms with Crippen LogP contribution in [0.4, 0.5) is 0 Å². The lowest BCUT2D eigenvalue weighted by molar-refractivity contribution is 0.589. The molecular formula is C29H21NO2S. The van der Waals surface area contributed by atoms with Gasteiger partial charge in [-0.3, -0.25) is 0 Å². The van der Waals surface area contributed by atoms with Gasteiger partial charge in [0, 0.05) is 17.1 Å². The van der Waals surface area contributed by atoms with Gasteiger partial charge in [-0.25, -0.2) is 12.4 Å². The lowest BCUT2D eigenvalue weighted by Crippen LogP contribution is -2.11. The van der Waals surface area contributed by atoms with Crippen molar-refractivity contribution in [3.05, 3.63) is 138 Å². The zero-order chi connectivity index (χ0) is 22.7. The van der Waals surface area contributed by atoms with Gasteiger partial charge in [0.05, 0.1) is 16.3 Å². The van der Waals surface area contributed by atoms with E-state index >= 15 is 0 Å². The summed E-state index contributed by atoms with van der Waals surface area (Å²) in [5.74, 6) is 6.40. The van der Waals surface area contributed by atoms with Crippen LogP contribution >= 0.6 is 0 Å². The van der Waals surface area contributed by atoms with Crippen molar-refractivity contribution in [1.82, 2.24) is 3.97 Å². The van der Waals surface area contributed by atoms with Gasteiger partial charge in [-0.05, 0) is 41.5 Å². The average Bonchev–Trinajstić information content (AvgIpc) is 3.26. The van der Waals surface area contributed by atoms with E-state index in [1.54, 1.807) is 30.5 Å². The van der Waals surface area contributed by atoms with E-state index in [9.17, 15) is 8.42 Å². The normalized spacial score (nSPS) is 12.1. The smallest absolute Gasteiger partial charge is 0.241 e. The lowest BCUT2D eigenvalue weighted by Gasteiger charge is -2.11. The molecule has 0 fully saturated rings. The van der Waals surface area contributed by atoms with Crippen molar-refractivity contribution in [2.45, 2.75) is 10.8 Å². The molecule has 33 heavy (non-hydrogen) atoms. The van der Waals surface area contributed by atoms with Gasteiger partial charge in [0.2, 0.25) is 0 Å². The van der Waals surface area contributed by atoms with Gasteiger partial charge in [0.15, 0.2) is 0 Å². The standard InChI is InChI=1S/C29H21NO2S/c31-33(32,25-16-8-3-9-17-25)30-22-28(27-18-10-11-19-29(27)30)26(24-14-6-2-7-15-24)21-20-23-12-4-1-5-13-23/h1-19,22,26H. The van der Waals surface area contributed by atoms with E-state index in [-0.39, 0.29) is 10.8 Å². The zero-order valence-corrected chi connectivity index (χ0v) is 18.6. The summed E-state index contributed by atoms with van der Waals surface area (Å²) in [6, 6.07) is 35.9. The van der Waals surface area contributed by atoms with Gasteiger partial charge >= 0.3 is 0 Å². The SMILES string of the molecule is O=S(=O)(c1ccccc1)n1cc(C(C#Cc2ccccc2)c2ccccc2)c2ccccc21. The molecule has 160 valence electrons. The summed E-state index contributed by atoms with van der Waals surface area (Å²) in [7, 11) is -3.76. The van der Waals surface area contributed by atoms with Crippen LogP contribution in [0.15, 0.2) is 126 Å². The Bertz CT molecular complexity index is 1560. The number of aromatic nitrogens is 1. The topological polar surface area (TPSA) is 39.1 Å². The number of fused-ring (bicyclic) bond motifs is 1. The Morgan fingerprint density at radius 3 is 1.94 bits per heavy atom. The molecule has 0 bridgehead atoms. The molecule has 0 spiro atoms. The average molecular weight is 448 g/mol. The molecule has 0 N–H and O–H groups in total. The van der Waals surface area contributed by atoms with Crippen molar-refractivity contribution in [2.24, 2.45) is 0 Å². The van der Waals surface area contributed by atoms with E-state index in [1.165, 1.54) is 3.97 Å². The molecular weight excluding hydrogens is 426 g/mol. The Hall–Kier alpha value is -4.07. The summed E-state index contributed by atoms with van der Waals surface area (Å²) in [6.07, 6.45) is 1.73. The van der Waals surface area contributed by atoms with Crippen LogP contribution in [0.2, 0.25) is 0 Å². The van der Waals surface area contributed by atoms with Crippen molar-refractivity contribution in [1.29, 1.82) is 0 Å². The molecule has 1 heterocycles. The molecule has 1 atom stereocenters. The molecule has 4 aromatic carbocycles. The minimum atomic E-state index is -3.76. The molecule has 4 heteroatoms. The monoisotopic (exact) mass is 447 g/mol. The van der Waals surface area contributed by atoms with Gasteiger partial charge in [0.25, 0.3) is 10.0 Å². The molecule has 0 amide bonds. The number of hydrogen-bond donors (Lipinski definition) is 0. The molecule has 3 nitrogen and oxygen atoms in total. The maximum atomic E-state index is 13.5. The van der Waals surface area contributed by atoms with Crippen molar-refractivity contribution in [2.75, 3.05) is 0 Å². The third kappa shape index (κ3) is 4.07. The van der Waals surface area contributed by atoms with E-state index in [4.69, 9.17) is 0 Å². The summed E-state index contributed by atoms with van der Waals surface area (Å²) < 4.78 is 28.4. The Morgan fingerprint density at radius 1 is 0.667 bits per heavy atom. The van der Waals surface area contributed by atoms with Gasteiger partial charge in [-0.2, -0.15) is 0 Å². The van der Waals surface area contributed by atoms with Crippen molar-refractivity contribution in [3.8, 4) is 11.8 Å². The zero-order valence-electron chi connectivity index (χ0n) is 17.8. The number of hydrogen-bond acceptors (Lipinski definition) is 2.